The maximum atomic E-state index is 11.3. The highest BCUT2D eigenvalue weighted by molar-refractivity contribution is 6.32. The molecule has 0 atom stereocenters. The topological polar surface area (TPSA) is 83.1 Å². The predicted molar refractivity (Wildman–Crippen MR) is 121 cm³/mol. The number of carbonyl (C=O) groups excluding carboxylic acids is 2. The lowest BCUT2D eigenvalue weighted by Crippen LogP contribution is -2.27. The summed E-state index contributed by atoms with van der Waals surface area (Å²) in [5.74, 6) is 1.17. The number of urea groups is 2. The number of methoxy groups -OCH3 is 2. The Labute approximate surface area is 186 Å². The molecule has 164 valence electrons. The van der Waals surface area contributed by atoms with Crippen molar-refractivity contribution in [2.75, 3.05) is 53.0 Å². The van der Waals surface area contributed by atoms with Crippen molar-refractivity contribution in [1.82, 2.24) is 9.80 Å². The number of nitrogens with one attached hydrogen (secondary N) is 2. The minimum Gasteiger partial charge on any atom is -0.495 e. The summed E-state index contributed by atoms with van der Waals surface area (Å²) in [6.07, 6.45) is 0. The van der Waals surface area contributed by atoms with Crippen LogP contribution in [-0.4, -0.2) is 64.3 Å². The van der Waals surface area contributed by atoms with Crippen LogP contribution in [0, 0.1) is 0 Å². The molecule has 0 bridgehead atoms. The molecule has 0 heterocycles. The third-order valence-corrected chi connectivity index (χ3v) is 4.21. The smallest absolute Gasteiger partial charge is 0.321 e. The van der Waals surface area contributed by atoms with Gasteiger partial charge in [0.25, 0.3) is 0 Å². The van der Waals surface area contributed by atoms with E-state index in [-0.39, 0.29) is 12.1 Å². The molecule has 0 unspecified atom stereocenters. The number of rotatable bonds is 4. The molecule has 2 aromatic carbocycles. The highest BCUT2D eigenvalue weighted by Crippen LogP contribution is 2.28. The third-order valence-electron chi connectivity index (χ3n) is 3.62. The molecule has 0 spiro atoms. The van der Waals surface area contributed by atoms with Crippen molar-refractivity contribution >= 4 is 46.6 Å². The van der Waals surface area contributed by atoms with E-state index in [1.54, 1.807) is 78.8 Å². The lowest BCUT2D eigenvalue weighted by molar-refractivity contribution is 0.230. The van der Waals surface area contributed by atoms with Crippen LogP contribution in [0.15, 0.2) is 36.4 Å². The Kier molecular flexibility index (Phi) is 10.1. The number of hydrogen-bond acceptors (Lipinski definition) is 4. The van der Waals surface area contributed by atoms with Gasteiger partial charge in [0, 0.05) is 39.6 Å². The quantitative estimate of drug-likeness (QED) is 0.686. The van der Waals surface area contributed by atoms with E-state index >= 15 is 0 Å². The molecule has 4 amide bonds. The highest BCUT2D eigenvalue weighted by Gasteiger charge is 2.07. The molecule has 30 heavy (non-hydrogen) atoms. The molecular weight excluding hydrogens is 431 g/mol. The van der Waals surface area contributed by atoms with Gasteiger partial charge in [-0.1, -0.05) is 23.2 Å². The van der Waals surface area contributed by atoms with E-state index in [1.165, 1.54) is 9.80 Å². The zero-order valence-corrected chi connectivity index (χ0v) is 19.3. The molecule has 0 fully saturated rings. The van der Waals surface area contributed by atoms with Crippen molar-refractivity contribution < 1.29 is 19.1 Å². The standard InChI is InChI=1S/2C10H13ClN2O2/c2*1-13(2)10(14)12-7-4-5-9(15-3)8(11)6-7/h2*4-6H,1-3H3,(H,12,14). The number of carbonyl (C=O) groups is 2. The van der Waals surface area contributed by atoms with E-state index in [4.69, 9.17) is 32.7 Å². The van der Waals surface area contributed by atoms with Gasteiger partial charge >= 0.3 is 12.1 Å². The fourth-order valence-corrected chi connectivity index (χ4v) is 2.47. The van der Waals surface area contributed by atoms with Gasteiger partial charge in [0.15, 0.2) is 0 Å². The molecule has 0 aliphatic heterocycles. The fraction of sp³-hybridized carbons (Fsp3) is 0.300. The molecule has 0 saturated carbocycles. The van der Waals surface area contributed by atoms with Crippen LogP contribution >= 0.6 is 23.2 Å². The van der Waals surface area contributed by atoms with Gasteiger partial charge in [0.1, 0.15) is 11.5 Å². The number of benzene rings is 2. The second-order valence-corrected chi connectivity index (χ2v) is 7.16. The zero-order chi connectivity index (χ0) is 22.8. The van der Waals surface area contributed by atoms with Gasteiger partial charge in [-0.15, -0.1) is 0 Å². The van der Waals surface area contributed by atoms with Gasteiger partial charge in [-0.25, -0.2) is 9.59 Å². The van der Waals surface area contributed by atoms with Crippen LogP contribution in [0.3, 0.4) is 0 Å². The van der Waals surface area contributed by atoms with E-state index in [2.05, 4.69) is 10.6 Å². The molecular formula is C20H26Cl2N4O4. The summed E-state index contributed by atoms with van der Waals surface area (Å²) < 4.78 is 9.99. The molecule has 0 aliphatic carbocycles. The number of nitrogens with zero attached hydrogens (tertiary/aromatic N) is 2. The minimum absolute atomic E-state index is 0.198. The molecule has 0 aliphatic rings. The van der Waals surface area contributed by atoms with Crippen molar-refractivity contribution in [2.24, 2.45) is 0 Å². The number of anilines is 2. The number of halogens is 2. The van der Waals surface area contributed by atoms with E-state index < -0.39 is 0 Å². The summed E-state index contributed by atoms with van der Waals surface area (Å²) in [5.41, 5.74) is 1.28. The van der Waals surface area contributed by atoms with Crippen molar-refractivity contribution in [1.29, 1.82) is 0 Å². The Morgan fingerprint density at radius 3 is 1.30 bits per heavy atom. The summed E-state index contributed by atoms with van der Waals surface area (Å²) in [4.78, 5) is 25.5. The molecule has 0 aromatic heterocycles. The number of ether oxygens (including phenoxy) is 2. The molecule has 2 rings (SSSR count). The lowest BCUT2D eigenvalue weighted by Gasteiger charge is -2.12. The Bertz CT molecular complexity index is 804. The van der Waals surface area contributed by atoms with Crippen molar-refractivity contribution in [3.05, 3.63) is 46.4 Å². The number of hydrogen-bond donors (Lipinski definition) is 2. The Morgan fingerprint density at radius 2 is 1.07 bits per heavy atom. The predicted octanol–water partition coefficient (Wildman–Crippen LogP) is 4.88. The van der Waals surface area contributed by atoms with Gasteiger partial charge < -0.3 is 29.9 Å². The second kappa shape index (κ2) is 12.0. The lowest BCUT2D eigenvalue weighted by atomic mass is 10.3. The van der Waals surface area contributed by atoms with E-state index in [9.17, 15) is 9.59 Å². The van der Waals surface area contributed by atoms with Crippen LogP contribution in [0.25, 0.3) is 0 Å². The van der Waals surface area contributed by atoms with Crippen LogP contribution in [-0.2, 0) is 0 Å². The molecule has 0 radical (unpaired) electrons. The summed E-state index contributed by atoms with van der Waals surface area (Å²) in [7, 11) is 9.75. The molecule has 2 aromatic rings. The first-order chi connectivity index (χ1) is 14.1. The summed E-state index contributed by atoms with van der Waals surface area (Å²) in [5, 5.41) is 6.29. The highest BCUT2D eigenvalue weighted by atomic mass is 35.5. The average molecular weight is 457 g/mol. The van der Waals surface area contributed by atoms with Gasteiger partial charge in [-0.05, 0) is 36.4 Å². The van der Waals surface area contributed by atoms with Crippen molar-refractivity contribution in [3.63, 3.8) is 0 Å². The molecule has 0 saturated heterocycles. The Balaban J connectivity index is 0.000000300. The van der Waals surface area contributed by atoms with Crippen LogP contribution < -0.4 is 20.1 Å². The third kappa shape index (κ3) is 7.88. The molecule has 10 heteroatoms. The number of amides is 4. The van der Waals surface area contributed by atoms with Crippen LogP contribution in [0.2, 0.25) is 10.0 Å². The van der Waals surface area contributed by atoms with Gasteiger partial charge in [-0.2, -0.15) is 0 Å². The Hall–Kier alpha value is -2.84. The first kappa shape index (κ1) is 25.2. The monoisotopic (exact) mass is 456 g/mol. The average Bonchev–Trinajstić information content (AvgIpc) is 2.68. The van der Waals surface area contributed by atoms with E-state index in [0.717, 1.165) is 0 Å². The fourth-order valence-electron chi connectivity index (χ4n) is 1.96. The first-order valence-electron chi connectivity index (χ1n) is 8.72. The van der Waals surface area contributed by atoms with Crippen molar-refractivity contribution in [3.8, 4) is 11.5 Å². The summed E-state index contributed by atoms with van der Waals surface area (Å²) >= 11 is 11.8. The van der Waals surface area contributed by atoms with Gasteiger partial charge in [0.05, 0.1) is 24.3 Å². The van der Waals surface area contributed by atoms with Crippen LogP contribution in [0.5, 0.6) is 11.5 Å². The van der Waals surface area contributed by atoms with Crippen LogP contribution in [0.4, 0.5) is 21.0 Å². The SMILES string of the molecule is COc1ccc(NC(=O)N(C)C)cc1Cl.COc1ccc(NC(=O)N(C)C)cc1Cl. The first-order valence-corrected chi connectivity index (χ1v) is 9.48. The van der Waals surface area contributed by atoms with Crippen molar-refractivity contribution in [2.45, 2.75) is 0 Å². The van der Waals surface area contributed by atoms with Crippen LogP contribution in [0.1, 0.15) is 0 Å². The largest absolute Gasteiger partial charge is 0.495 e. The molecule has 8 nitrogen and oxygen atoms in total. The normalized spacial score (nSPS) is 9.60. The van der Waals surface area contributed by atoms with Gasteiger partial charge in [-0.3, -0.25) is 0 Å². The maximum absolute atomic E-state index is 11.3. The minimum atomic E-state index is -0.198. The Morgan fingerprint density at radius 1 is 0.733 bits per heavy atom. The second-order valence-electron chi connectivity index (χ2n) is 6.35. The van der Waals surface area contributed by atoms with Gasteiger partial charge in [0.2, 0.25) is 0 Å². The van der Waals surface area contributed by atoms with E-state index in [0.29, 0.717) is 32.9 Å². The summed E-state index contributed by atoms with van der Waals surface area (Å²) in [6.45, 7) is 0. The zero-order valence-electron chi connectivity index (χ0n) is 17.7. The molecule has 2 N–H and O–H groups in total. The summed E-state index contributed by atoms with van der Waals surface area (Å²) in [6, 6.07) is 9.75. The maximum Gasteiger partial charge on any atom is 0.321 e. The van der Waals surface area contributed by atoms with E-state index in [1.807, 2.05) is 0 Å².